The molecular weight excluding hydrogens is 373 g/mol. The van der Waals surface area contributed by atoms with E-state index in [1.165, 1.54) is 0 Å². The van der Waals surface area contributed by atoms with Gasteiger partial charge in [0, 0.05) is 50.1 Å². The fourth-order valence-electron chi connectivity index (χ4n) is 3.18. The van der Waals surface area contributed by atoms with Crippen LogP contribution in [0.4, 0.5) is 18.9 Å². The fourth-order valence-corrected chi connectivity index (χ4v) is 3.18. The second-order valence-electron chi connectivity index (χ2n) is 6.87. The highest BCUT2D eigenvalue weighted by atomic mass is 19.1. The van der Waals surface area contributed by atoms with E-state index < -0.39 is 23.7 Å². The molecule has 0 spiro atoms. The van der Waals surface area contributed by atoms with Crippen LogP contribution in [0.25, 0.3) is 0 Å². The summed E-state index contributed by atoms with van der Waals surface area (Å²) < 4.78 is 46.0. The van der Waals surface area contributed by atoms with Crippen molar-refractivity contribution in [2.24, 2.45) is 5.92 Å². The first-order valence-corrected chi connectivity index (χ1v) is 9.22. The first-order valence-electron chi connectivity index (χ1n) is 9.22. The van der Waals surface area contributed by atoms with Crippen LogP contribution in [0.3, 0.4) is 0 Å². The number of allylic oxidation sites excluding steroid dienone is 1. The van der Waals surface area contributed by atoms with Crippen molar-refractivity contribution in [3.63, 3.8) is 0 Å². The topological polar surface area (TPSA) is 77.5 Å². The number of carbonyl (C=O) groups is 1. The Morgan fingerprint density at radius 3 is 2.46 bits per heavy atom. The molecule has 2 fully saturated rings. The van der Waals surface area contributed by atoms with Crippen molar-refractivity contribution in [2.75, 3.05) is 38.1 Å². The molecule has 6 nitrogen and oxygen atoms in total. The number of halogens is 3. The number of ether oxygens (including phenoxy) is 1. The van der Waals surface area contributed by atoms with E-state index in [1.54, 1.807) is 0 Å². The number of rotatable bonds is 7. The van der Waals surface area contributed by atoms with Crippen LogP contribution in [0.2, 0.25) is 0 Å². The minimum Gasteiger partial charge on any atom is -0.486 e. The number of carbonyl (C=O) groups excluding carboxylic acids is 1. The van der Waals surface area contributed by atoms with Crippen molar-refractivity contribution >= 4 is 17.8 Å². The maximum atomic E-state index is 13.6. The zero-order valence-corrected chi connectivity index (χ0v) is 15.3. The van der Waals surface area contributed by atoms with Gasteiger partial charge in [-0.05, 0) is 25.0 Å². The average molecular weight is 396 g/mol. The molecule has 2 atom stereocenters. The van der Waals surface area contributed by atoms with Crippen LogP contribution in [0.15, 0.2) is 29.7 Å². The van der Waals surface area contributed by atoms with Crippen LogP contribution in [0.1, 0.15) is 12.8 Å². The Kier molecular flexibility index (Phi) is 6.56. The highest BCUT2D eigenvalue weighted by molar-refractivity contribution is 6.05. The second-order valence-corrected chi connectivity index (χ2v) is 6.87. The van der Waals surface area contributed by atoms with Gasteiger partial charge >= 0.3 is 0 Å². The second kappa shape index (κ2) is 9.09. The lowest BCUT2D eigenvalue weighted by Gasteiger charge is -2.33. The predicted molar refractivity (Wildman–Crippen MR) is 98.8 cm³/mol. The first-order chi connectivity index (χ1) is 13.5. The molecule has 2 aliphatic rings. The van der Waals surface area contributed by atoms with Gasteiger partial charge < -0.3 is 25.7 Å². The zero-order chi connectivity index (χ0) is 20.1. The summed E-state index contributed by atoms with van der Waals surface area (Å²) in [4.78, 5) is 14.6. The summed E-state index contributed by atoms with van der Waals surface area (Å²) in [5.74, 6) is -2.85. The molecule has 1 saturated heterocycles. The van der Waals surface area contributed by atoms with Crippen molar-refractivity contribution < 1.29 is 22.7 Å². The number of benzene rings is 1. The summed E-state index contributed by atoms with van der Waals surface area (Å²) in [6.07, 6.45) is 1.18. The molecule has 2 unspecified atom stereocenters. The third-order valence-electron chi connectivity index (χ3n) is 4.92. The molecule has 1 saturated carbocycles. The number of amides is 1. The van der Waals surface area contributed by atoms with E-state index >= 15 is 0 Å². The standard InChI is InChI=1S/C19H23F3N4O2/c20-13-7-14(21)9-15(8-13)25-19(27)18(28-11-12-1-2-16(12)22)17(10-23)26-5-3-24-4-6-26/h7-10,12,16,23-24H,1-6,11H2,(H,25,27)/b18-17-,23-10?. The summed E-state index contributed by atoms with van der Waals surface area (Å²) in [6, 6.07) is 2.67. The van der Waals surface area contributed by atoms with E-state index in [0.717, 1.165) is 18.3 Å². The van der Waals surface area contributed by atoms with Gasteiger partial charge in [0.25, 0.3) is 5.91 Å². The third-order valence-corrected chi connectivity index (χ3v) is 4.92. The van der Waals surface area contributed by atoms with Gasteiger partial charge in [-0.3, -0.25) is 4.79 Å². The number of piperazine rings is 1. The molecule has 1 aliphatic heterocycles. The SMILES string of the molecule is N=C/C(=C(/OCC1CCC1F)C(=O)Nc1cc(F)cc(F)c1)N1CCNCC1. The molecule has 3 N–H and O–H groups in total. The number of alkyl halides is 1. The number of hydrogen-bond donors (Lipinski definition) is 3. The van der Waals surface area contributed by atoms with Crippen LogP contribution >= 0.6 is 0 Å². The van der Waals surface area contributed by atoms with E-state index in [4.69, 9.17) is 10.1 Å². The molecule has 0 bridgehead atoms. The largest absolute Gasteiger partial charge is 0.486 e. The molecule has 0 radical (unpaired) electrons. The van der Waals surface area contributed by atoms with Gasteiger partial charge in [0.05, 0.1) is 6.61 Å². The Morgan fingerprint density at radius 1 is 1.25 bits per heavy atom. The third kappa shape index (κ3) is 4.83. The van der Waals surface area contributed by atoms with Gasteiger partial charge in [-0.2, -0.15) is 0 Å². The Hall–Kier alpha value is -2.55. The number of anilines is 1. The van der Waals surface area contributed by atoms with Crippen molar-refractivity contribution in [1.82, 2.24) is 10.2 Å². The van der Waals surface area contributed by atoms with E-state index in [0.29, 0.717) is 45.1 Å². The van der Waals surface area contributed by atoms with Crippen LogP contribution in [-0.2, 0) is 9.53 Å². The Morgan fingerprint density at radius 2 is 1.93 bits per heavy atom. The van der Waals surface area contributed by atoms with Crippen molar-refractivity contribution in [3.8, 4) is 0 Å². The molecule has 1 heterocycles. The minimum atomic E-state index is -0.968. The van der Waals surface area contributed by atoms with Crippen molar-refractivity contribution in [1.29, 1.82) is 5.41 Å². The number of nitrogens with one attached hydrogen (secondary N) is 3. The monoisotopic (exact) mass is 396 g/mol. The molecular formula is C19H23F3N4O2. The van der Waals surface area contributed by atoms with Crippen LogP contribution in [0, 0.1) is 23.0 Å². The van der Waals surface area contributed by atoms with Crippen molar-refractivity contribution in [2.45, 2.75) is 19.0 Å². The zero-order valence-electron chi connectivity index (χ0n) is 15.3. The molecule has 28 heavy (non-hydrogen) atoms. The van der Waals surface area contributed by atoms with Gasteiger partial charge in [-0.15, -0.1) is 0 Å². The highest BCUT2D eigenvalue weighted by Gasteiger charge is 2.33. The lowest BCUT2D eigenvalue weighted by Crippen LogP contribution is -2.44. The molecule has 1 amide bonds. The lowest BCUT2D eigenvalue weighted by molar-refractivity contribution is -0.117. The first kappa shape index (κ1) is 20.2. The van der Waals surface area contributed by atoms with Crippen LogP contribution in [0.5, 0.6) is 0 Å². The van der Waals surface area contributed by atoms with Crippen LogP contribution < -0.4 is 10.6 Å². The van der Waals surface area contributed by atoms with Gasteiger partial charge in [0.2, 0.25) is 5.76 Å². The highest BCUT2D eigenvalue weighted by Crippen LogP contribution is 2.31. The maximum absolute atomic E-state index is 13.6. The molecule has 1 aromatic carbocycles. The molecule has 3 rings (SSSR count). The number of hydrogen-bond acceptors (Lipinski definition) is 5. The quantitative estimate of drug-likeness (QED) is 0.376. The molecule has 1 aromatic rings. The van der Waals surface area contributed by atoms with E-state index in [9.17, 15) is 18.0 Å². The lowest BCUT2D eigenvalue weighted by atomic mass is 9.84. The summed E-state index contributed by atoms with van der Waals surface area (Å²) in [5, 5.41) is 13.3. The maximum Gasteiger partial charge on any atom is 0.293 e. The van der Waals surface area contributed by atoms with E-state index in [2.05, 4.69) is 10.6 Å². The summed E-state index contributed by atoms with van der Waals surface area (Å²) in [7, 11) is 0. The number of nitrogens with zero attached hydrogens (tertiary/aromatic N) is 1. The van der Waals surface area contributed by atoms with Gasteiger partial charge in [0.1, 0.15) is 23.5 Å². The average Bonchev–Trinajstić information content (AvgIpc) is 2.66. The summed E-state index contributed by atoms with van der Waals surface area (Å²) in [6.45, 7) is 2.49. The van der Waals surface area contributed by atoms with Crippen LogP contribution in [-0.4, -0.2) is 56.0 Å². The Labute approximate surface area is 161 Å². The molecule has 9 heteroatoms. The predicted octanol–water partition coefficient (Wildman–Crippen LogP) is 2.43. The Bertz CT molecular complexity index is 745. The Balaban J connectivity index is 1.83. The normalized spacial score (nSPS) is 22.8. The molecule has 0 aromatic heterocycles. The summed E-state index contributed by atoms with van der Waals surface area (Å²) >= 11 is 0. The van der Waals surface area contributed by atoms with E-state index in [1.807, 2.05) is 4.90 Å². The van der Waals surface area contributed by atoms with Crippen molar-refractivity contribution in [3.05, 3.63) is 41.3 Å². The molecule has 152 valence electrons. The fraction of sp³-hybridized carbons (Fsp3) is 0.474. The smallest absolute Gasteiger partial charge is 0.293 e. The molecule has 1 aliphatic carbocycles. The summed E-state index contributed by atoms with van der Waals surface area (Å²) in [5.41, 5.74) is 0.186. The minimum absolute atomic E-state index is 0.00482. The van der Waals surface area contributed by atoms with Gasteiger partial charge in [-0.25, -0.2) is 13.2 Å². The van der Waals surface area contributed by atoms with Gasteiger partial charge in [0.15, 0.2) is 0 Å². The van der Waals surface area contributed by atoms with E-state index in [-0.39, 0.29) is 29.7 Å². The van der Waals surface area contributed by atoms with Gasteiger partial charge in [-0.1, -0.05) is 0 Å².